The molecule has 1 heterocycles. The molecule has 0 bridgehead atoms. The van der Waals surface area contributed by atoms with Gasteiger partial charge in [0.25, 0.3) is 0 Å². The van der Waals surface area contributed by atoms with Gasteiger partial charge >= 0.3 is 5.97 Å². The first-order valence-electron chi connectivity index (χ1n) is 11.8. The highest BCUT2D eigenvalue weighted by Crippen LogP contribution is 2.54. The monoisotopic (exact) mass is 481 g/mol. The molecule has 6 rings (SSSR count). The number of carbonyl (C=O) groups is 1. The molecular weight excluding hydrogens is 458 g/mol. The van der Waals surface area contributed by atoms with Crippen molar-refractivity contribution in [3.05, 3.63) is 129 Å². The molecule has 0 spiro atoms. The molecule has 4 nitrogen and oxygen atoms in total. The second-order valence-corrected chi connectivity index (χ2v) is 9.63. The van der Waals surface area contributed by atoms with E-state index in [1.807, 2.05) is 48.5 Å². The van der Waals surface area contributed by atoms with Crippen molar-refractivity contribution in [1.29, 1.82) is 0 Å². The average molecular weight is 482 g/mol. The highest BCUT2D eigenvalue weighted by Gasteiger charge is 2.43. The first-order chi connectivity index (χ1) is 17.1. The van der Waals surface area contributed by atoms with Crippen LogP contribution >= 0.6 is 11.6 Å². The van der Waals surface area contributed by atoms with E-state index in [2.05, 4.69) is 41.7 Å². The van der Waals surface area contributed by atoms with E-state index < -0.39 is 5.97 Å². The van der Waals surface area contributed by atoms with Crippen LogP contribution in [0.2, 0.25) is 5.02 Å². The number of aromatic carboxylic acids is 1. The van der Waals surface area contributed by atoms with Crippen LogP contribution in [0.25, 0.3) is 0 Å². The van der Waals surface area contributed by atoms with Crippen LogP contribution in [0.5, 0.6) is 5.75 Å². The number of hydrogen-bond acceptors (Lipinski definition) is 3. The molecule has 3 atom stereocenters. The van der Waals surface area contributed by atoms with E-state index in [1.54, 1.807) is 6.07 Å². The predicted molar refractivity (Wildman–Crippen MR) is 137 cm³/mol. The molecule has 0 aromatic heterocycles. The Bertz CT molecular complexity index is 1420. The van der Waals surface area contributed by atoms with E-state index >= 15 is 0 Å². The summed E-state index contributed by atoms with van der Waals surface area (Å²) in [4.78, 5) is 11.7. The molecule has 0 unspecified atom stereocenters. The van der Waals surface area contributed by atoms with Gasteiger partial charge in [-0.3, -0.25) is 0 Å². The van der Waals surface area contributed by atoms with Gasteiger partial charge in [0.2, 0.25) is 0 Å². The molecule has 0 amide bonds. The lowest BCUT2D eigenvalue weighted by Crippen LogP contribution is -2.30. The predicted octanol–water partition coefficient (Wildman–Crippen LogP) is 7.09. The third-order valence-corrected chi connectivity index (χ3v) is 7.61. The number of carboxylic acids is 1. The van der Waals surface area contributed by atoms with Crippen LogP contribution < -0.4 is 10.1 Å². The fourth-order valence-corrected chi connectivity index (χ4v) is 5.76. The maximum absolute atomic E-state index is 11.7. The van der Waals surface area contributed by atoms with Crippen LogP contribution in [0.4, 0.5) is 5.69 Å². The lowest BCUT2D eigenvalue weighted by atomic mass is 9.75. The lowest BCUT2D eigenvalue weighted by molar-refractivity contribution is 0.0696. The zero-order valence-corrected chi connectivity index (χ0v) is 19.7. The minimum atomic E-state index is -0.898. The fraction of sp³-hybridized carbons (Fsp3) is 0.167. The largest absolute Gasteiger partial charge is 0.489 e. The van der Waals surface area contributed by atoms with Crippen LogP contribution in [0, 0.1) is 5.92 Å². The van der Waals surface area contributed by atoms with E-state index in [9.17, 15) is 9.90 Å². The number of halogens is 1. The van der Waals surface area contributed by atoms with Crippen molar-refractivity contribution in [2.75, 3.05) is 5.32 Å². The molecule has 2 aliphatic rings. The fourth-order valence-electron chi connectivity index (χ4n) is 5.57. The van der Waals surface area contributed by atoms with Gasteiger partial charge in [0.15, 0.2) is 0 Å². The summed E-state index contributed by atoms with van der Waals surface area (Å²) in [6.45, 7) is 0.417. The summed E-state index contributed by atoms with van der Waals surface area (Å²) in [6, 6.07) is 30.0. The summed E-state index contributed by atoms with van der Waals surface area (Å²) < 4.78 is 5.98. The molecule has 4 aromatic carbocycles. The van der Waals surface area contributed by atoms with Gasteiger partial charge in [0.1, 0.15) is 12.4 Å². The summed E-state index contributed by atoms with van der Waals surface area (Å²) >= 11 is 6.25. The van der Waals surface area contributed by atoms with Crippen LogP contribution in [0.3, 0.4) is 0 Å². The number of carboxylic acid groups (broad SMARTS) is 1. The Hall–Kier alpha value is -3.76. The number of hydrogen-bond donors (Lipinski definition) is 2. The zero-order chi connectivity index (χ0) is 23.9. The van der Waals surface area contributed by atoms with Gasteiger partial charge in [-0.15, -0.1) is 0 Å². The summed E-state index contributed by atoms with van der Waals surface area (Å²) in [5, 5.41) is 14.0. The second kappa shape index (κ2) is 8.79. The van der Waals surface area contributed by atoms with Crippen molar-refractivity contribution in [3.63, 3.8) is 0 Å². The smallest absolute Gasteiger partial charge is 0.335 e. The maximum atomic E-state index is 11.7. The first kappa shape index (κ1) is 21.8. The Kier molecular flexibility index (Phi) is 5.46. The Morgan fingerprint density at radius 1 is 0.943 bits per heavy atom. The van der Waals surface area contributed by atoms with Crippen molar-refractivity contribution in [2.45, 2.75) is 25.0 Å². The standard InChI is InChI=1S/C30H24ClNO3/c31-26-8-4-2-6-21(26)17-35-22-12-9-18(10-13-22)29-25-15-19-5-1-3-7-23(19)28(25)24-16-20(30(33)34)11-14-27(24)32-29/h1-14,16,25,28-29,32H,15,17H2,(H,33,34)/t25-,28+,29-/m1/s1. The number of fused-ring (bicyclic) bond motifs is 5. The van der Waals surface area contributed by atoms with Crippen molar-refractivity contribution in [1.82, 2.24) is 0 Å². The zero-order valence-electron chi connectivity index (χ0n) is 18.9. The molecular formula is C30H24ClNO3. The van der Waals surface area contributed by atoms with Crippen LogP contribution in [-0.4, -0.2) is 11.1 Å². The molecule has 0 saturated heterocycles. The maximum Gasteiger partial charge on any atom is 0.335 e. The number of anilines is 1. The number of ether oxygens (including phenoxy) is 1. The van der Waals surface area contributed by atoms with E-state index in [1.165, 1.54) is 16.7 Å². The minimum absolute atomic E-state index is 0.105. The summed E-state index contributed by atoms with van der Waals surface area (Å²) in [5.41, 5.74) is 7.16. The Balaban J connectivity index is 1.31. The molecule has 5 heteroatoms. The average Bonchev–Trinajstić information content (AvgIpc) is 3.28. The van der Waals surface area contributed by atoms with Gasteiger partial charge in [-0.2, -0.15) is 0 Å². The van der Waals surface area contributed by atoms with Crippen molar-refractivity contribution in [3.8, 4) is 5.75 Å². The molecule has 0 saturated carbocycles. The van der Waals surface area contributed by atoms with Crippen LogP contribution in [0.1, 0.15) is 50.1 Å². The summed E-state index contributed by atoms with van der Waals surface area (Å²) in [6.07, 6.45) is 0.944. The van der Waals surface area contributed by atoms with Gasteiger partial charge in [-0.25, -0.2) is 4.79 Å². The Labute approximate surface area is 209 Å². The van der Waals surface area contributed by atoms with Crippen LogP contribution in [-0.2, 0) is 13.0 Å². The molecule has 0 radical (unpaired) electrons. The van der Waals surface area contributed by atoms with Crippen molar-refractivity contribution in [2.24, 2.45) is 5.92 Å². The van der Waals surface area contributed by atoms with Crippen LogP contribution in [0.15, 0.2) is 91.0 Å². The van der Waals surface area contributed by atoms with E-state index in [-0.39, 0.29) is 12.0 Å². The Morgan fingerprint density at radius 2 is 1.71 bits per heavy atom. The first-order valence-corrected chi connectivity index (χ1v) is 12.1. The number of benzene rings is 4. The van der Waals surface area contributed by atoms with Gasteiger partial charge in [0.05, 0.1) is 11.6 Å². The molecule has 35 heavy (non-hydrogen) atoms. The topological polar surface area (TPSA) is 58.6 Å². The van der Waals surface area contributed by atoms with Crippen molar-refractivity contribution < 1.29 is 14.6 Å². The van der Waals surface area contributed by atoms with Crippen molar-refractivity contribution >= 4 is 23.3 Å². The van der Waals surface area contributed by atoms with Gasteiger partial charge < -0.3 is 15.2 Å². The highest BCUT2D eigenvalue weighted by molar-refractivity contribution is 6.31. The third kappa shape index (κ3) is 3.94. The summed E-state index contributed by atoms with van der Waals surface area (Å²) in [7, 11) is 0. The minimum Gasteiger partial charge on any atom is -0.489 e. The number of nitrogens with one attached hydrogen (secondary N) is 1. The third-order valence-electron chi connectivity index (χ3n) is 7.24. The van der Waals surface area contributed by atoms with E-state index in [4.69, 9.17) is 16.3 Å². The quantitative estimate of drug-likeness (QED) is 0.319. The molecule has 1 aliphatic heterocycles. The van der Waals surface area contributed by atoms with E-state index in [0.717, 1.165) is 29.0 Å². The molecule has 0 fully saturated rings. The molecule has 4 aromatic rings. The van der Waals surface area contributed by atoms with Gasteiger partial charge in [0, 0.05) is 22.2 Å². The SMILES string of the molecule is O=C(O)c1ccc2c(c1)[C@@H]1c3ccccc3C[C@H]1[C@@H](c1ccc(OCc3ccccc3Cl)cc1)N2. The molecule has 1 aliphatic carbocycles. The lowest BCUT2D eigenvalue weighted by Gasteiger charge is -2.38. The second-order valence-electron chi connectivity index (χ2n) is 9.22. The molecule has 174 valence electrons. The molecule has 2 N–H and O–H groups in total. The normalized spacial score (nSPS) is 19.7. The number of rotatable bonds is 5. The van der Waals surface area contributed by atoms with Gasteiger partial charge in [-0.1, -0.05) is 66.2 Å². The van der Waals surface area contributed by atoms with E-state index in [0.29, 0.717) is 23.1 Å². The highest BCUT2D eigenvalue weighted by atomic mass is 35.5. The summed E-state index contributed by atoms with van der Waals surface area (Å²) in [5.74, 6) is 0.342. The van der Waals surface area contributed by atoms with Gasteiger partial charge in [-0.05, 0) is 71.0 Å². The Morgan fingerprint density at radius 3 is 2.51 bits per heavy atom.